The Morgan fingerprint density at radius 2 is 1.86 bits per heavy atom. The molecule has 3 N–H and O–H groups in total. The van der Waals surface area contributed by atoms with Gasteiger partial charge in [0.1, 0.15) is 0 Å². The summed E-state index contributed by atoms with van der Waals surface area (Å²) in [7, 11) is 0. The van der Waals surface area contributed by atoms with Crippen molar-refractivity contribution in [2.45, 2.75) is 58.5 Å². The number of aliphatic hydroxyl groups is 1. The molecule has 2 atom stereocenters. The fraction of sp³-hybridized carbons (Fsp3) is 0.500. The first-order valence-corrected chi connectivity index (χ1v) is 10.2. The summed E-state index contributed by atoms with van der Waals surface area (Å²) in [5.74, 6) is -0.844. The predicted octanol–water partition coefficient (Wildman–Crippen LogP) is 2.79. The summed E-state index contributed by atoms with van der Waals surface area (Å²) >= 11 is 0. The zero-order valence-electron chi connectivity index (χ0n) is 17.0. The quantitative estimate of drug-likeness (QED) is 0.664. The standard InChI is InChI=1S/C22H29N3O4/c1-14-19(11-12-21(27)28)15(2)25(24-14)18-9-7-16(8-10-18)22(29)23-13-17-5-3-4-6-20(17)26/h7-10,17,20,26H,3-6,11-13H2,1-2H3,(H,23,29)(H,27,28). The Labute approximate surface area is 170 Å². The molecule has 1 aliphatic carbocycles. The second kappa shape index (κ2) is 9.22. The highest BCUT2D eigenvalue weighted by molar-refractivity contribution is 5.94. The van der Waals surface area contributed by atoms with E-state index in [-0.39, 0.29) is 24.3 Å². The Balaban J connectivity index is 1.66. The summed E-state index contributed by atoms with van der Waals surface area (Å²) in [6, 6.07) is 7.19. The van der Waals surface area contributed by atoms with Crippen molar-refractivity contribution in [2.24, 2.45) is 5.92 Å². The van der Waals surface area contributed by atoms with Gasteiger partial charge in [0.15, 0.2) is 0 Å². The molecule has 1 fully saturated rings. The van der Waals surface area contributed by atoms with E-state index < -0.39 is 5.97 Å². The highest BCUT2D eigenvalue weighted by atomic mass is 16.4. The number of hydrogen-bond acceptors (Lipinski definition) is 4. The molecule has 0 radical (unpaired) electrons. The normalized spacial score (nSPS) is 19.1. The number of aryl methyl sites for hydroxylation is 1. The second-order valence-electron chi connectivity index (χ2n) is 7.82. The Kier molecular flexibility index (Phi) is 6.69. The van der Waals surface area contributed by atoms with Crippen molar-refractivity contribution in [1.29, 1.82) is 0 Å². The van der Waals surface area contributed by atoms with E-state index in [1.54, 1.807) is 16.8 Å². The molecule has 2 unspecified atom stereocenters. The van der Waals surface area contributed by atoms with Crippen molar-refractivity contribution in [2.75, 3.05) is 6.54 Å². The smallest absolute Gasteiger partial charge is 0.303 e. The highest BCUT2D eigenvalue weighted by Gasteiger charge is 2.23. The van der Waals surface area contributed by atoms with Gasteiger partial charge in [-0.3, -0.25) is 9.59 Å². The number of carboxylic acids is 1. The molecule has 7 nitrogen and oxygen atoms in total. The molecule has 3 rings (SSSR count). The molecule has 1 amide bonds. The van der Waals surface area contributed by atoms with Crippen LogP contribution in [-0.2, 0) is 11.2 Å². The van der Waals surface area contributed by atoms with Crippen LogP contribution in [0.1, 0.15) is 59.4 Å². The number of carbonyl (C=O) groups excluding carboxylic acids is 1. The summed E-state index contributed by atoms with van der Waals surface area (Å²) < 4.78 is 1.78. The fourth-order valence-corrected chi connectivity index (χ4v) is 4.03. The molecule has 2 aromatic rings. The third-order valence-electron chi connectivity index (χ3n) is 5.80. The molecule has 1 saturated carbocycles. The van der Waals surface area contributed by atoms with Crippen molar-refractivity contribution < 1.29 is 19.8 Å². The van der Waals surface area contributed by atoms with Gasteiger partial charge in [-0.25, -0.2) is 4.68 Å². The molecular weight excluding hydrogens is 370 g/mol. The molecule has 0 bridgehead atoms. The van der Waals surface area contributed by atoms with Crippen molar-refractivity contribution in [3.05, 3.63) is 46.8 Å². The van der Waals surface area contributed by atoms with Crippen LogP contribution in [-0.4, -0.2) is 44.5 Å². The molecule has 1 aromatic heterocycles. The molecule has 0 spiro atoms. The van der Waals surface area contributed by atoms with E-state index in [1.165, 1.54) is 0 Å². The summed E-state index contributed by atoms with van der Waals surface area (Å²) in [6.07, 6.45) is 4.10. The van der Waals surface area contributed by atoms with Crippen LogP contribution in [0.5, 0.6) is 0 Å². The van der Waals surface area contributed by atoms with Gasteiger partial charge in [-0.1, -0.05) is 12.8 Å². The van der Waals surface area contributed by atoms with Crippen LogP contribution in [0.15, 0.2) is 24.3 Å². The summed E-state index contributed by atoms with van der Waals surface area (Å²) in [4.78, 5) is 23.3. The lowest BCUT2D eigenvalue weighted by molar-refractivity contribution is -0.136. The van der Waals surface area contributed by atoms with Crippen LogP contribution in [0.2, 0.25) is 0 Å². The topological polar surface area (TPSA) is 104 Å². The average Bonchev–Trinajstić information content (AvgIpc) is 2.99. The minimum absolute atomic E-state index is 0.0716. The molecule has 156 valence electrons. The van der Waals surface area contributed by atoms with E-state index in [0.717, 1.165) is 48.3 Å². The number of hydrogen-bond donors (Lipinski definition) is 3. The molecule has 7 heteroatoms. The number of carbonyl (C=O) groups is 2. The number of benzene rings is 1. The van der Waals surface area contributed by atoms with Crippen LogP contribution < -0.4 is 5.32 Å². The Hall–Kier alpha value is -2.67. The first-order valence-electron chi connectivity index (χ1n) is 10.2. The van der Waals surface area contributed by atoms with E-state index in [4.69, 9.17) is 5.11 Å². The molecule has 29 heavy (non-hydrogen) atoms. The Morgan fingerprint density at radius 1 is 1.17 bits per heavy atom. The van der Waals surface area contributed by atoms with Gasteiger partial charge in [-0.2, -0.15) is 5.10 Å². The maximum absolute atomic E-state index is 12.4. The SMILES string of the molecule is Cc1nn(-c2ccc(C(=O)NCC3CCCCC3O)cc2)c(C)c1CCC(=O)O. The lowest BCUT2D eigenvalue weighted by Crippen LogP contribution is -2.36. The van der Waals surface area contributed by atoms with Gasteiger partial charge < -0.3 is 15.5 Å². The number of nitrogens with one attached hydrogen (secondary N) is 1. The number of aliphatic carboxylic acids is 1. The third kappa shape index (κ3) is 5.03. The highest BCUT2D eigenvalue weighted by Crippen LogP contribution is 2.24. The van der Waals surface area contributed by atoms with Crippen LogP contribution in [0.25, 0.3) is 5.69 Å². The van der Waals surface area contributed by atoms with Crippen molar-refractivity contribution in [3.8, 4) is 5.69 Å². The number of aliphatic hydroxyl groups excluding tert-OH is 1. The van der Waals surface area contributed by atoms with E-state index >= 15 is 0 Å². The predicted molar refractivity (Wildman–Crippen MR) is 109 cm³/mol. The first-order chi connectivity index (χ1) is 13.9. The Morgan fingerprint density at radius 3 is 2.52 bits per heavy atom. The van der Waals surface area contributed by atoms with Crippen molar-refractivity contribution in [1.82, 2.24) is 15.1 Å². The summed E-state index contributed by atoms with van der Waals surface area (Å²) in [6.45, 7) is 4.29. The molecule has 0 aliphatic heterocycles. The zero-order valence-corrected chi connectivity index (χ0v) is 17.0. The maximum Gasteiger partial charge on any atom is 0.303 e. The minimum Gasteiger partial charge on any atom is -0.481 e. The summed E-state index contributed by atoms with van der Waals surface area (Å²) in [5.41, 5.74) is 4.06. The molecule has 1 aromatic carbocycles. The number of carboxylic acid groups (broad SMARTS) is 1. The second-order valence-corrected chi connectivity index (χ2v) is 7.82. The lowest BCUT2D eigenvalue weighted by Gasteiger charge is -2.27. The largest absolute Gasteiger partial charge is 0.481 e. The molecular formula is C22H29N3O4. The van der Waals surface area contributed by atoms with Gasteiger partial charge in [0.25, 0.3) is 5.91 Å². The van der Waals surface area contributed by atoms with Crippen molar-refractivity contribution >= 4 is 11.9 Å². The van der Waals surface area contributed by atoms with E-state index in [9.17, 15) is 14.7 Å². The molecule has 1 aliphatic rings. The van der Waals surface area contributed by atoms with E-state index in [0.29, 0.717) is 18.5 Å². The zero-order chi connectivity index (χ0) is 21.0. The van der Waals surface area contributed by atoms with Gasteiger partial charge in [-0.15, -0.1) is 0 Å². The third-order valence-corrected chi connectivity index (χ3v) is 5.80. The monoisotopic (exact) mass is 399 g/mol. The van der Waals surface area contributed by atoms with E-state index in [2.05, 4.69) is 10.4 Å². The van der Waals surface area contributed by atoms with Gasteiger partial charge in [0.05, 0.1) is 17.5 Å². The van der Waals surface area contributed by atoms with Crippen LogP contribution >= 0.6 is 0 Å². The number of nitrogens with zero attached hydrogens (tertiary/aromatic N) is 2. The Bertz CT molecular complexity index is 873. The molecule has 0 saturated heterocycles. The number of amides is 1. The number of aromatic nitrogens is 2. The van der Waals surface area contributed by atoms with Crippen molar-refractivity contribution in [3.63, 3.8) is 0 Å². The molecule has 1 heterocycles. The minimum atomic E-state index is -0.826. The van der Waals surface area contributed by atoms with Gasteiger partial charge >= 0.3 is 5.97 Å². The van der Waals surface area contributed by atoms with Crippen LogP contribution in [0, 0.1) is 19.8 Å². The van der Waals surface area contributed by atoms with E-state index in [1.807, 2.05) is 26.0 Å². The fourth-order valence-electron chi connectivity index (χ4n) is 4.03. The van der Waals surface area contributed by atoms with Crippen LogP contribution in [0.3, 0.4) is 0 Å². The maximum atomic E-state index is 12.4. The van der Waals surface area contributed by atoms with Gasteiger partial charge in [0, 0.05) is 30.1 Å². The van der Waals surface area contributed by atoms with Crippen LogP contribution in [0.4, 0.5) is 0 Å². The summed E-state index contributed by atoms with van der Waals surface area (Å²) in [5, 5.41) is 26.4. The number of rotatable bonds is 7. The average molecular weight is 399 g/mol. The first kappa shape index (κ1) is 21.0. The van der Waals surface area contributed by atoms with Gasteiger partial charge in [-0.05, 0) is 62.9 Å². The van der Waals surface area contributed by atoms with Gasteiger partial charge in [0.2, 0.25) is 0 Å². The lowest BCUT2D eigenvalue weighted by atomic mass is 9.86.